The Balaban J connectivity index is 1.67. The third-order valence-electron chi connectivity index (χ3n) is 5.03. The molecule has 0 spiro atoms. The molecule has 2 saturated carbocycles. The summed E-state index contributed by atoms with van der Waals surface area (Å²) in [5, 5.41) is 5.09. The van der Waals surface area contributed by atoms with Gasteiger partial charge in [0, 0.05) is 6.04 Å². The Morgan fingerprint density at radius 1 is 1.20 bits per heavy atom. The number of hydrogen-bond donors (Lipinski definition) is 1. The summed E-state index contributed by atoms with van der Waals surface area (Å²) < 4.78 is 0. The van der Waals surface area contributed by atoms with Gasteiger partial charge in [-0.1, -0.05) is 42.6 Å². The van der Waals surface area contributed by atoms with Gasteiger partial charge in [0.05, 0.1) is 10.0 Å². The molecule has 2 fully saturated rings. The molecule has 0 aliphatic heterocycles. The quantitative estimate of drug-likeness (QED) is 0.783. The van der Waals surface area contributed by atoms with Crippen LogP contribution in [0.2, 0.25) is 10.0 Å². The predicted molar refractivity (Wildman–Crippen MR) is 86.6 cm³/mol. The second kappa shape index (κ2) is 6.25. The molecular weight excluding hydrogens is 289 g/mol. The SMILES string of the molecule is CCCNC(Cc1ccc(Cl)c(Cl)c1)C1C2CCCC21. The minimum Gasteiger partial charge on any atom is -0.313 e. The Morgan fingerprint density at radius 3 is 2.60 bits per heavy atom. The van der Waals surface area contributed by atoms with Crippen molar-refractivity contribution in [2.45, 2.75) is 45.1 Å². The van der Waals surface area contributed by atoms with Gasteiger partial charge in [-0.2, -0.15) is 0 Å². The van der Waals surface area contributed by atoms with E-state index in [1.54, 1.807) is 0 Å². The van der Waals surface area contributed by atoms with Gasteiger partial charge in [0.1, 0.15) is 0 Å². The van der Waals surface area contributed by atoms with E-state index < -0.39 is 0 Å². The zero-order valence-electron chi connectivity index (χ0n) is 12.0. The summed E-state index contributed by atoms with van der Waals surface area (Å²) in [6.45, 7) is 3.35. The maximum absolute atomic E-state index is 6.14. The number of benzene rings is 1. The first-order chi connectivity index (χ1) is 9.70. The van der Waals surface area contributed by atoms with Crippen LogP contribution in [0.3, 0.4) is 0 Å². The van der Waals surface area contributed by atoms with Crippen molar-refractivity contribution in [3.05, 3.63) is 33.8 Å². The van der Waals surface area contributed by atoms with Gasteiger partial charge in [-0.3, -0.25) is 0 Å². The molecule has 110 valence electrons. The third-order valence-corrected chi connectivity index (χ3v) is 5.77. The zero-order valence-corrected chi connectivity index (χ0v) is 13.6. The molecule has 2 aliphatic rings. The fourth-order valence-electron chi connectivity index (χ4n) is 4.07. The second-order valence-electron chi connectivity index (χ2n) is 6.35. The van der Waals surface area contributed by atoms with E-state index in [4.69, 9.17) is 23.2 Å². The molecule has 0 bridgehead atoms. The van der Waals surface area contributed by atoms with Gasteiger partial charge in [0.2, 0.25) is 0 Å². The maximum Gasteiger partial charge on any atom is 0.0595 e. The first kappa shape index (κ1) is 14.7. The van der Waals surface area contributed by atoms with Crippen LogP contribution in [0.25, 0.3) is 0 Å². The van der Waals surface area contributed by atoms with Crippen LogP contribution in [-0.2, 0) is 6.42 Å². The van der Waals surface area contributed by atoms with E-state index in [9.17, 15) is 0 Å². The van der Waals surface area contributed by atoms with Crippen LogP contribution in [0.15, 0.2) is 18.2 Å². The normalized spacial score (nSPS) is 29.2. The molecular formula is C17H23Cl2N. The van der Waals surface area contributed by atoms with Gasteiger partial charge in [-0.05, 0) is 67.7 Å². The number of halogens is 2. The highest BCUT2D eigenvalue weighted by atomic mass is 35.5. The average molecular weight is 312 g/mol. The summed E-state index contributed by atoms with van der Waals surface area (Å²) in [5.74, 6) is 2.88. The second-order valence-corrected chi connectivity index (χ2v) is 7.16. The molecule has 1 aromatic carbocycles. The minimum atomic E-state index is 0.613. The molecule has 3 rings (SSSR count). The minimum absolute atomic E-state index is 0.613. The molecule has 3 atom stereocenters. The van der Waals surface area contributed by atoms with Gasteiger partial charge >= 0.3 is 0 Å². The van der Waals surface area contributed by atoms with Gasteiger partial charge in [0.15, 0.2) is 0 Å². The molecule has 0 saturated heterocycles. The molecule has 0 amide bonds. The molecule has 3 unspecified atom stereocenters. The van der Waals surface area contributed by atoms with Gasteiger partial charge in [0.25, 0.3) is 0 Å². The van der Waals surface area contributed by atoms with E-state index in [2.05, 4.69) is 18.3 Å². The van der Waals surface area contributed by atoms with Crippen molar-refractivity contribution >= 4 is 23.2 Å². The lowest BCUT2D eigenvalue weighted by Gasteiger charge is -2.21. The van der Waals surface area contributed by atoms with Crippen molar-refractivity contribution in [1.82, 2.24) is 5.32 Å². The first-order valence-corrected chi connectivity index (χ1v) is 8.63. The summed E-state index contributed by atoms with van der Waals surface area (Å²) in [6.07, 6.45) is 6.61. The lowest BCUT2D eigenvalue weighted by molar-refractivity contribution is 0.403. The van der Waals surface area contributed by atoms with Gasteiger partial charge < -0.3 is 5.32 Å². The van der Waals surface area contributed by atoms with E-state index in [-0.39, 0.29) is 0 Å². The van der Waals surface area contributed by atoms with Crippen LogP contribution in [-0.4, -0.2) is 12.6 Å². The predicted octanol–water partition coefficient (Wildman–Crippen LogP) is 4.95. The first-order valence-electron chi connectivity index (χ1n) is 7.88. The molecule has 0 heterocycles. The molecule has 20 heavy (non-hydrogen) atoms. The standard InChI is InChI=1S/C17H23Cl2N/c1-2-8-20-16(17-12-4-3-5-13(12)17)10-11-6-7-14(18)15(19)9-11/h6-7,9,12-13,16-17,20H,2-5,8,10H2,1H3. The molecule has 1 aromatic rings. The molecule has 1 N–H and O–H groups in total. The Hall–Kier alpha value is -0.240. The summed E-state index contributed by atoms with van der Waals surface area (Å²) in [7, 11) is 0. The topological polar surface area (TPSA) is 12.0 Å². The van der Waals surface area contributed by atoms with Crippen molar-refractivity contribution in [3.8, 4) is 0 Å². The molecule has 1 nitrogen and oxygen atoms in total. The Kier molecular flexibility index (Phi) is 4.59. The molecule has 0 radical (unpaired) electrons. The van der Waals surface area contributed by atoms with Crippen LogP contribution in [0.4, 0.5) is 0 Å². The van der Waals surface area contributed by atoms with E-state index in [0.717, 1.165) is 30.7 Å². The lowest BCUT2D eigenvalue weighted by atomic mass is 9.97. The Labute approximate surface area is 132 Å². The van der Waals surface area contributed by atoms with Crippen LogP contribution >= 0.6 is 23.2 Å². The number of hydrogen-bond acceptors (Lipinski definition) is 1. The summed E-state index contributed by atoms with van der Waals surface area (Å²) in [4.78, 5) is 0. The fourth-order valence-corrected chi connectivity index (χ4v) is 4.39. The molecule has 3 heteroatoms. The van der Waals surface area contributed by atoms with Crippen molar-refractivity contribution in [1.29, 1.82) is 0 Å². The van der Waals surface area contributed by atoms with Crippen molar-refractivity contribution in [2.75, 3.05) is 6.54 Å². The summed E-state index contributed by atoms with van der Waals surface area (Å²) >= 11 is 12.1. The smallest absolute Gasteiger partial charge is 0.0595 e. The third kappa shape index (κ3) is 3.00. The van der Waals surface area contributed by atoms with Gasteiger partial charge in [-0.25, -0.2) is 0 Å². The monoisotopic (exact) mass is 311 g/mol. The van der Waals surface area contributed by atoms with Crippen LogP contribution in [0.5, 0.6) is 0 Å². The lowest BCUT2D eigenvalue weighted by Crippen LogP contribution is -2.35. The van der Waals surface area contributed by atoms with Crippen LogP contribution in [0, 0.1) is 17.8 Å². The number of rotatable bonds is 6. The van der Waals surface area contributed by atoms with Crippen molar-refractivity contribution in [3.63, 3.8) is 0 Å². The summed E-state index contributed by atoms with van der Waals surface area (Å²) in [6, 6.07) is 6.68. The largest absolute Gasteiger partial charge is 0.313 e. The van der Waals surface area contributed by atoms with Crippen molar-refractivity contribution in [2.24, 2.45) is 17.8 Å². The van der Waals surface area contributed by atoms with E-state index in [1.807, 2.05) is 12.1 Å². The highest BCUT2D eigenvalue weighted by molar-refractivity contribution is 6.42. The van der Waals surface area contributed by atoms with E-state index >= 15 is 0 Å². The van der Waals surface area contributed by atoms with Gasteiger partial charge in [-0.15, -0.1) is 0 Å². The van der Waals surface area contributed by atoms with Crippen molar-refractivity contribution < 1.29 is 0 Å². The summed E-state index contributed by atoms with van der Waals surface area (Å²) in [5.41, 5.74) is 1.30. The van der Waals surface area contributed by atoms with E-state index in [0.29, 0.717) is 16.1 Å². The average Bonchev–Trinajstić information content (AvgIpc) is 2.91. The Morgan fingerprint density at radius 2 is 1.95 bits per heavy atom. The Bertz CT molecular complexity index is 464. The number of fused-ring (bicyclic) bond motifs is 1. The molecule has 0 aromatic heterocycles. The van der Waals surface area contributed by atoms with Crippen LogP contribution in [0.1, 0.15) is 38.2 Å². The number of nitrogens with one attached hydrogen (secondary N) is 1. The van der Waals surface area contributed by atoms with E-state index in [1.165, 1.54) is 31.2 Å². The fraction of sp³-hybridized carbons (Fsp3) is 0.647. The maximum atomic E-state index is 6.14. The zero-order chi connectivity index (χ0) is 14.1. The highest BCUT2D eigenvalue weighted by Gasteiger charge is 2.55. The van der Waals surface area contributed by atoms with Crippen LogP contribution < -0.4 is 5.32 Å². The highest BCUT2D eigenvalue weighted by Crippen LogP contribution is 2.59. The molecule has 2 aliphatic carbocycles.